The Morgan fingerprint density at radius 2 is 2.00 bits per heavy atom. The van der Waals surface area contributed by atoms with Crippen molar-refractivity contribution in [3.8, 4) is 11.8 Å². The largest absolute Gasteiger partial charge is 0.293 e. The van der Waals surface area contributed by atoms with Crippen LogP contribution in [0.25, 0.3) is 0 Å². The first-order valence-electron chi connectivity index (χ1n) is 5.23. The van der Waals surface area contributed by atoms with Crippen molar-refractivity contribution in [2.24, 2.45) is 0 Å². The molecule has 1 nitrogen and oxygen atoms in total. The monoisotopic (exact) mass is 205 g/mol. The molecule has 0 unspecified atom stereocenters. The third kappa shape index (κ3) is 4.14. The number of halogens is 1. The highest BCUT2D eigenvalue weighted by atomic mass is 19.1. The third-order valence-corrected chi connectivity index (χ3v) is 2.25. The molecule has 1 aromatic rings. The molecule has 80 valence electrons. The van der Waals surface area contributed by atoms with Gasteiger partial charge in [0.15, 0.2) is 0 Å². The van der Waals surface area contributed by atoms with Crippen LogP contribution < -0.4 is 0 Å². The van der Waals surface area contributed by atoms with Crippen molar-refractivity contribution in [1.29, 1.82) is 0 Å². The van der Waals surface area contributed by atoms with Gasteiger partial charge in [0.25, 0.3) is 0 Å². The van der Waals surface area contributed by atoms with Crippen molar-refractivity contribution in [3.63, 3.8) is 0 Å². The second-order valence-electron chi connectivity index (χ2n) is 3.27. The van der Waals surface area contributed by atoms with Gasteiger partial charge in [0.1, 0.15) is 5.82 Å². The Bertz CT molecular complexity index is 358. The summed E-state index contributed by atoms with van der Waals surface area (Å²) in [6.07, 6.45) is 0. The first kappa shape index (κ1) is 11.7. The fourth-order valence-electron chi connectivity index (χ4n) is 1.27. The number of rotatable bonds is 3. The Labute approximate surface area is 90.9 Å². The first-order valence-corrected chi connectivity index (χ1v) is 5.23. The van der Waals surface area contributed by atoms with Crippen molar-refractivity contribution in [3.05, 3.63) is 35.6 Å². The standard InChI is InChI=1S/C13H16FN/c1-3-15(4-2)10-6-8-12-7-5-9-13(14)11-12/h5,7,9,11H,3-4,10H2,1-2H3. The Hall–Kier alpha value is -1.33. The van der Waals surface area contributed by atoms with Crippen LogP contribution in [0.3, 0.4) is 0 Å². The van der Waals surface area contributed by atoms with Crippen molar-refractivity contribution in [1.82, 2.24) is 4.90 Å². The lowest BCUT2D eigenvalue weighted by molar-refractivity contribution is 0.342. The molecule has 0 bridgehead atoms. The average Bonchev–Trinajstić information content (AvgIpc) is 2.25. The molecule has 0 radical (unpaired) electrons. The summed E-state index contributed by atoms with van der Waals surface area (Å²) in [6, 6.07) is 6.37. The van der Waals surface area contributed by atoms with E-state index in [1.54, 1.807) is 6.07 Å². The number of hydrogen-bond donors (Lipinski definition) is 0. The average molecular weight is 205 g/mol. The molecule has 0 amide bonds. The SMILES string of the molecule is CCN(CC)CC#Cc1cccc(F)c1. The number of benzene rings is 1. The minimum Gasteiger partial charge on any atom is -0.293 e. The van der Waals surface area contributed by atoms with Gasteiger partial charge in [-0.3, -0.25) is 4.90 Å². The van der Waals surface area contributed by atoms with E-state index in [0.29, 0.717) is 0 Å². The summed E-state index contributed by atoms with van der Waals surface area (Å²) in [5.74, 6) is 5.76. The van der Waals surface area contributed by atoms with Crippen LogP contribution in [-0.2, 0) is 0 Å². The highest BCUT2D eigenvalue weighted by Crippen LogP contribution is 2.01. The van der Waals surface area contributed by atoms with Crippen molar-refractivity contribution >= 4 is 0 Å². The molecule has 0 aliphatic rings. The minimum absolute atomic E-state index is 0.232. The Morgan fingerprint density at radius 1 is 1.27 bits per heavy atom. The van der Waals surface area contributed by atoms with Crippen LogP contribution in [0, 0.1) is 17.7 Å². The maximum atomic E-state index is 12.8. The van der Waals surface area contributed by atoms with Gasteiger partial charge in [-0.1, -0.05) is 31.8 Å². The lowest BCUT2D eigenvalue weighted by atomic mass is 10.2. The minimum atomic E-state index is -0.232. The molecule has 1 rings (SSSR count). The summed E-state index contributed by atoms with van der Waals surface area (Å²) in [5.41, 5.74) is 0.738. The highest BCUT2D eigenvalue weighted by Gasteiger charge is 1.94. The molecule has 0 N–H and O–H groups in total. The molecule has 0 atom stereocenters. The Kier molecular flexibility index (Phi) is 4.86. The van der Waals surface area contributed by atoms with Gasteiger partial charge >= 0.3 is 0 Å². The molecule has 0 saturated heterocycles. The lowest BCUT2D eigenvalue weighted by Crippen LogP contribution is -2.22. The van der Waals surface area contributed by atoms with E-state index in [9.17, 15) is 4.39 Å². The molecular weight excluding hydrogens is 189 g/mol. The molecule has 2 heteroatoms. The Balaban J connectivity index is 2.58. The second kappa shape index (κ2) is 6.21. The zero-order valence-corrected chi connectivity index (χ0v) is 9.26. The molecule has 0 heterocycles. The molecule has 15 heavy (non-hydrogen) atoms. The molecule has 0 aliphatic carbocycles. The van der Waals surface area contributed by atoms with Gasteiger partial charge in [-0.2, -0.15) is 0 Å². The van der Waals surface area contributed by atoms with Crippen molar-refractivity contribution in [2.75, 3.05) is 19.6 Å². The summed E-state index contributed by atoms with van der Waals surface area (Å²) in [6.45, 7) is 6.94. The zero-order valence-electron chi connectivity index (χ0n) is 9.26. The molecular formula is C13H16FN. The summed E-state index contributed by atoms with van der Waals surface area (Å²) in [5, 5.41) is 0. The lowest BCUT2D eigenvalue weighted by Gasteiger charge is -2.13. The molecule has 0 fully saturated rings. The van der Waals surface area contributed by atoms with Crippen LogP contribution in [0.1, 0.15) is 19.4 Å². The quantitative estimate of drug-likeness (QED) is 0.685. The van der Waals surface area contributed by atoms with E-state index in [2.05, 4.69) is 30.6 Å². The maximum Gasteiger partial charge on any atom is 0.124 e. The van der Waals surface area contributed by atoms with Crippen molar-refractivity contribution in [2.45, 2.75) is 13.8 Å². The van der Waals surface area contributed by atoms with Crippen LogP contribution in [0.5, 0.6) is 0 Å². The van der Waals surface area contributed by atoms with Crippen LogP contribution in [0.15, 0.2) is 24.3 Å². The fraction of sp³-hybridized carbons (Fsp3) is 0.385. The second-order valence-corrected chi connectivity index (χ2v) is 3.27. The van der Waals surface area contributed by atoms with Gasteiger partial charge < -0.3 is 0 Å². The van der Waals surface area contributed by atoms with Gasteiger partial charge in [0.2, 0.25) is 0 Å². The first-order chi connectivity index (χ1) is 7.26. The molecule has 0 saturated carbocycles. The summed E-state index contributed by atoms with van der Waals surface area (Å²) >= 11 is 0. The predicted molar refractivity (Wildman–Crippen MR) is 61.1 cm³/mol. The summed E-state index contributed by atoms with van der Waals surface area (Å²) < 4.78 is 12.8. The van der Waals surface area contributed by atoms with Gasteiger partial charge in [-0.25, -0.2) is 4.39 Å². The summed E-state index contributed by atoms with van der Waals surface area (Å²) in [4.78, 5) is 2.21. The molecule has 0 aliphatic heterocycles. The van der Waals surface area contributed by atoms with Gasteiger partial charge in [0.05, 0.1) is 6.54 Å². The number of nitrogens with zero attached hydrogens (tertiary/aromatic N) is 1. The summed E-state index contributed by atoms with van der Waals surface area (Å²) in [7, 11) is 0. The van der Waals surface area contributed by atoms with Crippen LogP contribution in [0.2, 0.25) is 0 Å². The van der Waals surface area contributed by atoms with Gasteiger partial charge in [0, 0.05) is 5.56 Å². The van der Waals surface area contributed by atoms with Crippen LogP contribution in [0.4, 0.5) is 4.39 Å². The number of hydrogen-bond acceptors (Lipinski definition) is 1. The van der Waals surface area contributed by atoms with Crippen molar-refractivity contribution < 1.29 is 4.39 Å². The van der Waals surface area contributed by atoms with E-state index < -0.39 is 0 Å². The third-order valence-electron chi connectivity index (χ3n) is 2.25. The zero-order chi connectivity index (χ0) is 11.1. The molecule has 0 aromatic heterocycles. The van der Waals surface area contributed by atoms with Gasteiger partial charge in [-0.05, 0) is 31.3 Å². The fourth-order valence-corrected chi connectivity index (χ4v) is 1.27. The maximum absolute atomic E-state index is 12.8. The van der Waals surface area contributed by atoms with Crippen LogP contribution in [-0.4, -0.2) is 24.5 Å². The predicted octanol–water partition coefficient (Wildman–Crippen LogP) is 2.52. The normalized spacial score (nSPS) is 9.87. The van der Waals surface area contributed by atoms with E-state index in [0.717, 1.165) is 25.2 Å². The van der Waals surface area contributed by atoms with Crippen LogP contribution >= 0.6 is 0 Å². The highest BCUT2D eigenvalue weighted by molar-refractivity contribution is 5.34. The van der Waals surface area contributed by atoms with E-state index in [4.69, 9.17) is 0 Å². The smallest absolute Gasteiger partial charge is 0.124 e. The van der Waals surface area contributed by atoms with Gasteiger partial charge in [-0.15, -0.1) is 0 Å². The Morgan fingerprint density at radius 3 is 2.60 bits per heavy atom. The molecule has 1 aromatic carbocycles. The molecule has 0 spiro atoms. The topological polar surface area (TPSA) is 3.24 Å². The van der Waals surface area contributed by atoms with E-state index in [1.807, 2.05) is 6.07 Å². The van der Waals surface area contributed by atoms with E-state index in [-0.39, 0.29) is 5.82 Å². The van der Waals surface area contributed by atoms with E-state index in [1.165, 1.54) is 12.1 Å². The van der Waals surface area contributed by atoms with E-state index >= 15 is 0 Å².